The third-order valence-electron chi connectivity index (χ3n) is 5.33. The summed E-state index contributed by atoms with van der Waals surface area (Å²) < 4.78 is 23.6. The van der Waals surface area contributed by atoms with Crippen LogP contribution in [0.2, 0.25) is 0 Å². The predicted octanol–water partition coefficient (Wildman–Crippen LogP) is 4.02. The van der Waals surface area contributed by atoms with Crippen molar-refractivity contribution in [1.29, 1.82) is 0 Å². The molecule has 3 amide bonds. The second-order valence-corrected chi connectivity index (χ2v) is 10.9. The van der Waals surface area contributed by atoms with Gasteiger partial charge in [0.2, 0.25) is 0 Å². The highest BCUT2D eigenvalue weighted by molar-refractivity contribution is 14.1. The smallest absolute Gasteiger partial charge is 0.337 e. The van der Waals surface area contributed by atoms with Gasteiger partial charge in [-0.15, -0.1) is 0 Å². The molecule has 0 aliphatic carbocycles. The minimum Gasteiger partial charge on any atom is -0.493 e. The number of esters is 1. The van der Waals surface area contributed by atoms with Gasteiger partial charge in [0.05, 0.1) is 45.3 Å². The number of amides is 3. The van der Waals surface area contributed by atoms with Crippen molar-refractivity contribution in [2.24, 2.45) is 5.10 Å². The lowest BCUT2D eigenvalue weighted by atomic mass is 9.95. The molecule has 3 rings (SSSR count). The van der Waals surface area contributed by atoms with Crippen LogP contribution in [-0.2, 0) is 14.3 Å². The van der Waals surface area contributed by atoms with Crippen LogP contribution < -0.4 is 30.3 Å². The predicted molar refractivity (Wildman–Crippen MR) is 161 cm³/mol. The number of methoxy groups -OCH3 is 2. The zero-order chi connectivity index (χ0) is 28.7. The van der Waals surface area contributed by atoms with Crippen LogP contribution in [0, 0.1) is 7.14 Å². The van der Waals surface area contributed by atoms with Crippen molar-refractivity contribution >= 4 is 69.3 Å². The molecule has 2 aromatic rings. The molecule has 39 heavy (non-hydrogen) atoms. The number of benzene rings is 2. The highest BCUT2D eigenvalue weighted by atomic mass is 127. The van der Waals surface area contributed by atoms with E-state index in [1.807, 2.05) is 26.0 Å². The van der Waals surface area contributed by atoms with Gasteiger partial charge in [0.15, 0.2) is 18.1 Å². The molecule has 0 fully saturated rings. The van der Waals surface area contributed by atoms with Gasteiger partial charge in [0.25, 0.3) is 5.91 Å². The molecule has 11 nitrogen and oxygen atoms in total. The summed E-state index contributed by atoms with van der Waals surface area (Å²) >= 11 is 4.40. The van der Waals surface area contributed by atoms with Crippen LogP contribution >= 0.6 is 45.2 Å². The molecule has 1 heterocycles. The van der Waals surface area contributed by atoms with Crippen molar-refractivity contribution in [3.8, 4) is 17.2 Å². The summed E-state index contributed by atoms with van der Waals surface area (Å²) in [6, 6.07) is 7.48. The number of hydrogen-bond donors (Lipinski definition) is 3. The summed E-state index contributed by atoms with van der Waals surface area (Å²) in [5, 5.41) is 9.29. The Labute approximate surface area is 253 Å². The van der Waals surface area contributed by atoms with Gasteiger partial charge in [-0.3, -0.25) is 4.79 Å². The van der Waals surface area contributed by atoms with E-state index >= 15 is 0 Å². The summed E-state index contributed by atoms with van der Waals surface area (Å²) in [6.07, 6.45) is 1.60. The number of nitrogens with one attached hydrogen (secondary N) is 3. The lowest BCUT2D eigenvalue weighted by Crippen LogP contribution is -2.45. The fourth-order valence-electron chi connectivity index (χ4n) is 3.66. The number of urea groups is 1. The Bertz CT molecular complexity index is 1300. The van der Waals surface area contributed by atoms with E-state index in [9.17, 15) is 14.4 Å². The number of nitrogens with zero attached hydrogens (tertiary/aromatic N) is 1. The molecule has 13 heteroatoms. The Kier molecular flexibility index (Phi) is 10.8. The van der Waals surface area contributed by atoms with Crippen molar-refractivity contribution in [2.45, 2.75) is 32.9 Å². The van der Waals surface area contributed by atoms with Gasteiger partial charge in [0.1, 0.15) is 5.75 Å². The van der Waals surface area contributed by atoms with Gasteiger partial charge in [-0.1, -0.05) is 6.07 Å². The maximum absolute atomic E-state index is 12.3. The molecule has 0 saturated carbocycles. The normalized spacial score (nSPS) is 15.1. The molecule has 2 aromatic carbocycles. The SMILES string of the molecule is COC(=O)C1=C(C)NC(=O)N[C@@H]1c1ccc(OCC(=O)N/N=C\c2cc(I)c(OC(C)C)c(I)c2)c(OC)c1. The lowest BCUT2D eigenvalue weighted by molar-refractivity contribution is -0.136. The Balaban J connectivity index is 1.66. The van der Waals surface area contributed by atoms with Gasteiger partial charge in [-0.2, -0.15) is 5.10 Å². The molecule has 208 valence electrons. The number of carbonyl (C=O) groups excluding carboxylic acids is 3. The van der Waals surface area contributed by atoms with E-state index in [0.29, 0.717) is 22.8 Å². The van der Waals surface area contributed by atoms with Crippen LogP contribution in [0.15, 0.2) is 46.7 Å². The van der Waals surface area contributed by atoms with Crippen molar-refractivity contribution in [2.75, 3.05) is 20.8 Å². The number of hydrogen-bond acceptors (Lipinski definition) is 8. The zero-order valence-corrected chi connectivity index (χ0v) is 26.2. The summed E-state index contributed by atoms with van der Waals surface area (Å²) in [4.78, 5) is 36.7. The molecular formula is C26H28I2N4O7. The fourth-order valence-corrected chi connectivity index (χ4v) is 5.73. The van der Waals surface area contributed by atoms with Crippen LogP contribution in [0.3, 0.4) is 0 Å². The number of halogens is 2. The van der Waals surface area contributed by atoms with Crippen LogP contribution in [0.5, 0.6) is 17.2 Å². The molecular weight excluding hydrogens is 734 g/mol. The maximum Gasteiger partial charge on any atom is 0.337 e. The minimum atomic E-state index is -0.760. The van der Waals surface area contributed by atoms with Gasteiger partial charge in [0, 0.05) is 5.70 Å². The van der Waals surface area contributed by atoms with Gasteiger partial charge < -0.3 is 29.6 Å². The lowest BCUT2D eigenvalue weighted by Gasteiger charge is -2.28. The van der Waals surface area contributed by atoms with Crippen molar-refractivity contribution in [3.05, 3.63) is 59.9 Å². The second kappa shape index (κ2) is 13.8. The molecule has 3 N–H and O–H groups in total. The van der Waals surface area contributed by atoms with E-state index in [0.717, 1.165) is 18.5 Å². The van der Waals surface area contributed by atoms with Crippen LogP contribution in [-0.4, -0.2) is 51.1 Å². The summed E-state index contributed by atoms with van der Waals surface area (Å²) in [5.41, 5.74) is 4.46. The van der Waals surface area contributed by atoms with E-state index in [4.69, 9.17) is 18.9 Å². The molecule has 1 aliphatic heterocycles. The highest BCUT2D eigenvalue weighted by Crippen LogP contribution is 2.34. The van der Waals surface area contributed by atoms with Gasteiger partial charge >= 0.3 is 12.0 Å². The van der Waals surface area contributed by atoms with E-state index in [1.54, 1.807) is 31.3 Å². The number of allylic oxidation sites excluding steroid dienone is 1. The van der Waals surface area contributed by atoms with E-state index in [2.05, 4.69) is 66.3 Å². The molecule has 0 unspecified atom stereocenters. The Morgan fingerprint density at radius 1 is 1.13 bits per heavy atom. The van der Waals surface area contributed by atoms with E-state index in [-0.39, 0.29) is 18.3 Å². The molecule has 0 bridgehead atoms. The summed E-state index contributed by atoms with van der Waals surface area (Å²) in [6.45, 7) is 5.23. The molecule has 0 aromatic heterocycles. The number of rotatable bonds is 10. The number of ether oxygens (including phenoxy) is 4. The number of carbonyl (C=O) groups is 3. The third-order valence-corrected chi connectivity index (χ3v) is 6.93. The molecule has 0 saturated heterocycles. The average molecular weight is 762 g/mol. The Morgan fingerprint density at radius 2 is 1.82 bits per heavy atom. The quantitative estimate of drug-likeness (QED) is 0.144. The van der Waals surface area contributed by atoms with Crippen molar-refractivity contribution in [1.82, 2.24) is 16.1 Å². The second-order valence-electron chi connectivity index (χ2n) is 8.53. The first-order valence-corrected chi connectivity index (χ1v) is 13.8. The maximum atomic E-state index is 12.3. The molecule has 0 spiro atoms. The topological polar surface area (TPSA) is 137 Å². The van der Waals surface area contributed by atoms with Crippen molar-refractivity contribution in [3.63, 3.8) is 0 Å². The highest BCUT2D eigenvalue weighted by Gasteiger charge is 2.32. The zero-order valence-electron chi connectivity index (χ0n) is 21.9. The first kappa shape index (κ1) is 30.5. The Morgan fingerprint density at radius 3 is 2.44 bits per heavy atom. The standard InChI is InChI=1S/C26H28I2N4O7/c1-13(2)39-24-17(27)8-15(9-18(24)28)11-29-32-21(33)12-38-19-7-6-16(10-20(19)36-4)23-22(25(34)37-5)14(3)30-26(35)31-23/h6-11,13,23H,12H2,1-5H3,(H,32,33)(H2,30,31,35)/b29-11-/t23-/m1/s1. The number of hydrazone groups is 1. The average Bonchev–Trinajstić information content (AvgIpc) is 2.88. The van der Waals surface area contributed by atoms with Crippen LogP contribution in [0.4, 0.5) is 4.79 Å². The Hall–Kier alpha value is -3.08. The molecule has 1 atom stereocenters. The monoisotopic (exact) mass is 762 g/mol. The molecule has 1 aliphatic rings. The van der Waals surface area contributed by atoms with E-state index < -0.39 is 23.9 Å². The summed E-state index contributed by atoms with van der Waals surface area (Å²) in [7, 11) is 2.71. The summed E-state index contributed by atoms with van der Waals surface area (Å²) in [5.74, 6) is 0.373. The third kappa shape index (κ3) is 7.97. The van der Waals surface area contributed by atoms with Crippen molar-refractivity contribution < 1.29 is 33.3 Å². The molecule has 0 radical (unpaired) electrons. The van der Waals surface area contributed by atoms with Crippen LogP contribution in [0.1, 0.15) is 37.9 Å². The van der Waals surface area contributed by atoms with Crippen LogP contribution in [0.25, 0.3) is 0 Å². The van der Waals surface area contributed by atoms with Gasteiger partial charge in [-0.05, 0) is 101 Å². The van der Waals surface area contributed by atoms with E-state index in [1.165, 1.54) is 14.2 Å². The first-order chi connectivity index (χ1) is 18.5. The fraction of sp³-hybridized carbons (Fsp3) is 0.308. The largest absolute Gasteiger partial charge is 0.493 e. The minimum absolute atomic E-state index is 0.0597. The van der Waals surface area contributed by atoms with Gasteiger partial charge in [-0.25, -0.2) is 15.0 Å². The first-order valence-electron chi connectivity index (χ1n) is 11.7.